The molecule has 2 N–H and O–H groups in total. The van der Waals surface area contributed by atoms with E-state index in [0.717, 1.165) is 16.7 Å². The minimum atomic E-state index is -4.07. The molecule has 0 atom stereocenters. The lowest BCUT2D eigenvalue weighted by molar-refractivity contribution is -0.185. The highest BCUT2D eigenvalue weighted by Gasteiger charge is 2.40. The number of halogens is 3. The number of alkyl halides is 3. The number of piperidine rings is 2. The van der Waals surface area contributed by atoms with Crippen LogP contribution in [0.2, 0.25) is 0 Å². The van der Waals surface area contributed by atoms with Crippen LogP contribution in [-0.2, 0) is 29.3 Å². The maximum atomic E-state index is 12.8. The Morgan fingerprint density at radius 3 is 2.19 bits per heavy atom. The van der Waals surface area contributed by atoms with Crippen molar-refractivity contribution in [3.05, 3.63) is 64.7 Å². The second-order valence-electron chi connectivity index (χ2n) is 9.49. The van der Waals surface area contributed by atoms with Crippen molar-refractivity contribution < 1.29 is 33.7 Å². The first-order valence-electron chi connectivity index (χ1n) is 12.4. The van der Waals surface area contributed by atoms with Crippen molar-refractivity contribution in [2.24, 2.45) is 5.92 Å². The maximum absolute atomic E-state index is 12.8. The van der Waals surface area contributed by atoms with Crippen molar-refractivity contribution >= 4 is 17.7 Å². The van der Waals surface area contributed by atoms with E-state index in [1.165, 1.54) is 0 Å². The highest BCUT2D eigenvalue weighted by Crippen LogP contribution is 2.34. The predicted molar refractivity (Wildman–Crippen MR) is 132 cm³/mol. The van der Waals surface area contributed by atoms with Gasteiger partial charge in [0.15, 0.2) is 0 Å². The van der Waals surface area contributed by atoms with Gasteiger partial charge in [0.1, 0.15) is 12.4 Å². The fourth-order valence-corrected chi connectivity index (χ4v) is 4.63. The van der Waals surface area contributed by atoms with Gasteiger partial charge in [0, 0.05) is 38.5 Å². The molecule has 3 aliphatic heterocycles. The number of likely N-dealkylation sites (tertiary alicyclic amines) is 1. The summed E-state index contributed by atoms with van der Waals surface area (Å²) in [5, 5.41) is 5.00. The predicted octanol–water partition coefficient (Wildman–Crippen LogP) is 4.34. The first kappa shape index (κ1) is 26.7. The number of imide groups is 1. The number of nitrogens with zero attached hydrogens (tertiary/aromatic N) is 1. The monoisotopic (exact) mass is 519 g/mol. The first-order valence-corrected chi connectivity index (χ1v) is 12.4. The number of hydrogen-bond acceptors (Lipinski definition) is 5. The third-order valence-electron chi connectivity index (χ3n) is 6.76. The molecule has 10 heteroatoms. The number of carbonyl (C=O) groups excluding carboxylic acids is 3. The summed E-state index contributed by atoms with van der Waals surface area (Å²) in [6.07, 6.45) is -2.00. The van der Waals surface area contributed by atoms with E-state index in [-0.39, 0.29) is 32.0 Å². The van der Waals surface area contributed by atoms with E-state index < -0.39 is 12.1 Å². The molecule has 2 aromatic carbocycles. The van der Waals surface area contributed by atoms with Crippen molar-refractivity contribution in [3.63, 3.8) is 0 Å². The van der Waals surface area contributed by atoms with Crippen LogP contribution in [0, 0.1) is 5.92 Å². The lowest BCUT2D eigenvalue weighted by Crippen LogP contribution is -2.38. The molecule has 3 heterocycles. The minimum absolute atomic E-state index is 0. The molecule has 2 fully saturated rings. The Morgan fingerprint density at radius 2 is 1.59 bits per heavy atom. The molecule has 5 rings (SSSR count). The van der Waals surface area contributed by atoms with E-state index in [9.17, 15) is 27.6 Å². The van der Waals surface area contributed by atoms with Crippen LogP contribution in [0.4, 0.5) is 13.2 Å². The number of amides is 3. The zero-order valence-electron chi connectivity index (χ0n) is 20.4. The van der Waals surface area contributed by atoms with E-state index in [1.54, 1.807) is 6.07 Å². The highest BCUT2D eigenvalue weighted by atomic mass is 19.4. The third kappa shape index (κ3) is 7.31. The molecule has 0 unspecified atom stereocenters. The van der Waals surface area contributed by atoms with Gasteiger partial charge in [-0.3, -0.25) is 24.6 Å². The molecule has 2 saturated heterocycles. The Balaban J connectivity index is 0.000000382. The van der Waals surface area contributed by atoms with Gasteiger partial charge in [0.05, 0.1) is 5.92 Å². The Kier molecular flexibility index (Phi) is 8.48. The van der Waals surface area contributed by atoms with Gasteiger partial charge in [-0.2, -0.15) is 13.2 Å². The van der Waals surface area contributed by atoms with Gasteiger partial charge in [-0.05, 0) is 55.6 Å². The average Bonchev–Trinajstić information content (AvgIpc) is 3.25. The van der Waals surface area contributed by atoms with Crippen LogP contribution in [0.3, 0.4) is 0 Å². The normalized spacial score (nSPS) is 18.4. The zero-order valence-corrected chi connectivity index (χ0v) is 20.4. The van der Waals surface area contributed by atoms with Crippen molar-refractivity contribution in [2.45, 2.75) is 58.0 Å². The van der Waals surface area contributed by atoms with E-state index >= 15 is 0 Å². The zero-order chi connectivity index (χ0) is 26.4. The van der Waals surface area contributed by atoms with Crippen molar-refractivity contribution in [1.82, 2.24) is 15.5 Å². The molecule has 0 saturated carbocycles. The van der Waals surface area contributed by atoms with Gasteiger partial charge in [-0.1, -0.05) is 30.3 Å². The van der Waals surface area contributed by atoms with Gasteiger partial charge in [-0.25, -0.2) is 0 Å². The van der Waals surface area contributed by atoms with Crippen LogP contribution in [0.25, 0.3) is 0 Å². The summed E-state index contributed by atoms with van der Waals surface area (Å²) in [6.45, 7) is 2.48. The molecule has 0 spiro atoms. The Morgan fingerprint density at radius 1 is 0.946 bits per heavy atom. The molecule has 0 radical (unpaired) electrons. The molecule has 200 valence electrons. The second kappa shape index (κ2) is 11.8. The lowest BCUT2D eigenvalue weighted by Gasteiger charge is -2.32. The average molecular weight is 520 g/mol. The van der Waals surface area contributed by atoms with E-state index in [1.807, 2.05) is 36.4 Å². The summed E-state index contributed by atoms with van der Waals surface area (Å²) in [4.78, 5) is 34.5. The van der Waals surface area contributed by atoms with Crippen molar-refractivity contribution in [3.8, 4) is 5.75 Å². The lowest BCUT2D eigenvalue weighted by atomic mass is 9.96. The van der Waals surface area contributed by atoms with Crippen LogP contribution in [0.15, 0.2) is 42.5 Å². The maximum Gasteiger partial charge on any atom is 0.391 e. The Hall–Kier alpha value is -3.40. The highest BCUT2D eigenvalue weighted by molar-refractivity contribution is 5.99. The summed E-state index contributed by atoms with van der Waals surface area (Å²) in [6, 6.07) is 13.4. The van der Waals surface area contributed by atoms with Crippen molar-refractivity contribution in [2.75, 3.05) is 13.1 Å². The van der Waals surface area contributed by atoms with Gasteiger partial charge >= 0.3 is 6.18 Å². The number of benzene rings is 2. The number of ether oxygens (including phenoxy) is 1. The number of nitrogens with one attached hydrogen (secondary N) is 2. The van der Waals surface area contributed by atoms with Gasteiger partial charge in [0.25, 0.3) is 5.91 Å². The number of carbonyl (C=O) groups is 3. The van der Waals surface area contributed by atoms with Crippen LogP contribution < -0.4 is 15.4 Å². The smallest absolute Gasteiger partial charge is 0.391 e. The SMILES string of the molecule is O=C1CCCC(=O)N1.O=C1NCc2c(OCc3ccc(CN4CCC(C(F)(F)F)CC4)cc3)cccc21.[HH]. The van der Waals surface area contributed by atoms with Crippen LogP contribution >= 0.6 is 0 Å². The summed E-state index contributed by atoms with van der Waals surface area (Å²) in [7, 11) is 0. The van der Waals surface area contributed by atoms with Gasteiger partial charge < -0.3 is 10.1 Å². The molecule has 37 heavy (non-hydrogen) atoms. The molecular formula is C27H32F3N3O4. The van der Waals surface area contributed by atoms with E-state index in [0.29, 0.717) is 63.4 Å². The molecule has 0 aliphatic carbocycles. The van der Waals surface area contributed by atoms with Crippen LogP contribution in [0.5, 0.6) is 5.75 Å². The Bertz CT molecular complexity index is 1120. The number of fused-ring (bicyclic) bond motifs is 1. The molecule has 3 amide bonds. The topological polar surface area (TPSA) is 87.7 Å². The molecular weight excluding hydrogens is 487 g/mol. The first-order chi connectivity index (χ1) is 17.7. The van der Waals surface area contributed by atoms with Crippen molar-refractivity contribution in [1.29, 1.82) is 0 Å². The largest absolute Gasteiger partial charge is 0.489 e. The summed E-state index contributed by atoms with van der Waals surface area (Å²) in [5.41, 5.74) is 3.62. The Labute approximate surface area is 214 Å². The van der Waals surface area contributed by atoms with Gasteiger partial charge in [0.2, 0.25) is 11.8 Å². The summed E-state index contributed by atoms with van der Waals surface area (Å²) in [5.74, 6) is -0.808. The molecule has 2 aromatic rings. The standard InChI is InChI=1S/C22H23F3N2O2.C5H7NO2.H2/c23-22(24,25)17-8-10-27(11-9-17)13-15-4-6-16(7-5-15)14-29-20-3-1-2-18-19(20)12-26-21(18)28;7-4-2-1-3-5(8)6-4;/h1-7,17H,8-14H2,(H,26,28);1-3H2,(H,6,7,8);1H. The molecule has 7 nitrogen and oxygen atoms in total. The van der Waals surface area contributed by atoms with Gasteiger partial charge in [-0.15, -0.1) is 0 Å². The number of rotatable bonds is 5. The second-order valence-corrected chi connectivity index (χ2v) is 9.49. The quantitative estimate of drug-likeness (QED) is 0.574. The fraction of sp³-hybridized carbons (Fsp3) is 0.444. The van der Waals surface area contributed by atoms with E-state index in [2.05, 4.69) is 15.5 Å². The number of hydrogen-bond donors (Lipinski definition) is 2. The molecule has 0 bridgehead atoms. The molecule has 0 aromatic heterocycles. The fourth-order valence-electron chi connectivity index (χ4n) is 4.63. The summed E-state index contributed by atoms with van der Waals surface area (Å²) >= 11 is 0. The summed E-state index contributed by atoms with van der Waals surface area (Å²) < 4.78 is 44.2. The third-order valence-corrected chi connectivity index (χ3v) is 6.76. The van der Waals surface area contributed by atoms with Crippen LogP contribution in [0.1, 0.15) is 60.6 Å². The van der Waals surface area contributed by atoms with E-state index in [4.69, 9.17) is 4.74 Å². The molecule has 3 aliphatic rings. The van der Waals surface area contributed by atoms with Crippen LogP contribution in [-0.4, -0.2) is 41.9 Å². The minimum Gasteiger partial charge on any atom is -0.489 e.